The molecule has 1 N–H and O–H groups in total. The molecule has 0 amide bonds. The Morgan fingerprint density at radius 2 is 2.06 bits per heavy atom. The van der Waals surface area contributed by atoms with E-state index in [2.05, 4.69) is 0 Å². The van der Waals surface area contributed by atoms with Gasteiger partial charge in [0, 0.05) is 18.8 Å². The first-order valence-corrected chi connectivity index (χ1v) is 5.89. The molecule has 1 heterocycles. The van der Waals surface area contributed by atoms with Gasteiger partial charge in [-0.25, -0.2) is 4.39 Å². The van der Waals surface area contributed by atoms with Crippen LogP contribution in [0.1, 0.15) is 24.5 Å². The normalized spacial score (nSPS) is 19.2. The molecule has 17 heavy (non-hydrogen) atoms. The molecule has 0 radical (unpaired) electrons. The summed E-state index contributed by atoms with van der Waals surface area (Å²) >= 11 is 0. The van der Waals surface area contributed by atoms with Crippen molar-refractivity contribution in [3.8, 4) is 0 Å². The van der Waals surface area contributed by atoms with Gasteiger partial charge in [0.2, 0.25) is 0 Å². The van der Waals surface area contributed by atoms with Crippen molar-refractivity contribution in [3.63, 3.8) is 0 Å². The molecule has 0 bridgehead atoms. The van der Waals surface area contributed by atoms with Gasteiger partial charge in [0.15, 0.2) is 0 Å². The van der Waals surface area contributed by atoms with Crippen LogP contribution in [0.4, 0.5) is 4.39 Å². The lowest BCUT2D eigenvalue weighted by molar-refractivity contribution is -0.0603. The summed E-state index contributed by atoms with van der Waals surface area (Å²) in [6.45, 7) is 1.52. The van der Waals surface area contributed by atoms with Gasteiger partial charge in [-0.2, -0.15) is 0 Å². The molecule has 3 nitrogen and oxygen atoms in total. The highest BCUT2D eigenvalue weighted by Crippen LogP contribution is 2.19. The molecule has 0 spiro atoms. The summed E-state index contributed by atoms with van der Waals surface area (Å²) < 4.78 is 24.1. The molecule has 1 unspecified atom stereocenters. The van der Waals surface area contributed by atoms with Crippen LogP contribution < -0.4 is 0 Å². The second-order valence-corrected chi connectivity index (χ2v) is 4.18. The third-order valence-corrected chi connectivity index (χ3v) is 2.92. The quantitative estimate of drug-likeness (QED) is 0.875. The minimum absolute atomic E-state index is 0.116. The minimum Gasteiger partial charge on any atom is -0.386 e. The van der Waals surface area contributed by atoms with E-state index >= 15 is 0 Å². The lowest BCUT2D eigenvalue weighted by atomic mass is 10.1. The molecular formula is C13H17FO3. The Labute approximate surface area is 100 Å². The zero-order valence-electron chi connectivity index (χ0n) is 9.64. The Morgan fingerprint density at radius 3 is 2.76 bits per heavy atom. The third kappa shape index (κ3) is 3.49. The van der Waals surface area contributed by atoms with E-state index < -0.39 is 11.9 Å². The molecule has 1 aliphatic rings. The number of aliphatic hydroxyl groups is 1. The van der Waals surface area contributed by atoms with Gasteiger partial charge in [-0.3, -0.25) is 0 Å². The first-order chi connectivity index (χ1) is 8.27. The molecular weight excluding hydrogens is 223 g/mol. The maximum absolute atomic E-state index is 13.4. The Bertz CT molecular complexity index is 350. The Kier molecular flexibility index (Phi) is 4.48. The zero-order chi connectivity index (χ0) is 12.1. The fraction of sp³-hybridized carbons (Fsp3) is 0.538. The average molecular weight is 240 g/mol. The van der Waals surface area contributed by atoms with Crippen LogP contribution in [-0.2, 0) is 9.47 Å². The first-order valence-electron chi connectivity index (χ1n) is 5.89. The van der Waals surface area contributed by atoms with Crippen molar-refractivity contribution in [1.29, 1.82) is 0 Å². The van der Waals surface area contributed by atoms with Gasteiger partial charge in [0.1, 0.15) is 11.9 Å². The number of halogens is 1. The molecule has 2 rings (SSSR count). The van der Waals surface area contributed by atoms with Gasteiger partial charge in [-0.05, 0) is 18.9 Å². The van der Waals surface area contributed by atoms with Crippen molar-refractivity contribution in [3.05, 3.63) is 35.6 Å². The van der Waals surface area contributed by atoms with E-state index in [1.165, 1.54) is 6.07 Å². The van der Waals surface area contributed by atoms with Crippen LogP contribution in [0.5, 0.6) is 0 Å². The predicted molar refractivity (Wildman–Crippen MR) is 61.2 cm³/mol. The lowest BCUT2D eigenvalue weighted by Crippen LogP contribution is -2.25. The second kappa shape index (κ2) is 6.10. The molecule has 0 saturated carbocycles. The molecule has 1 aliphatic heterocycles. The molecule has 1 saturated heterocycles. The topological polar surface area (TPSA) is 38.7 Å². The fourth-order valence-electron chi connectivity index (χ4n) is 1.90. The van der Waals surface area contributed by atoms with Crippen molar-refractivity contribution < 1.29 is 19.0 Å². The molecule has 1 aromatic carbocycles. The second-order valence-electron chi connectivity index (χ2n) is 4.18. The highest BCUT2D eigenvalue weighted by Gasteiger charge is 2.18. The number of aliphatic hydroxyl groups excluding tert-OH is 1. The van der Waals surface area contributed by atoms with Gasteiger partial charge < -0.3 is 14.6 Å². The van der Waals surface area contributed by atoms with Gasteiger partial charge in [0.05, 0.1) is 12.7 Å². The summed E-state index contributed by atoms with van der Waals surface area (Å²) in [6, 6.07) is 6.22. The van der Waals surface area contributed by atoms with Crippen LogP contribution in [0.2, 0.25) is 0 Å². The molecule has 1 aromatic rings. The highest BCUT2D eigenvalue weighted by molar-refractivity contribution is 5.19. The van der Waals surface area contributed by atoms with Crippen molar-refractivity contribution in [2.75, 3.05) is 19.8 Å². The molecule has 1 atom stereocenters. The van der Waals surface area contributed by atoms with E-state index in [0.29, 0.717) is 18.8 Å². The van der Waals surface area contributed by atoms with Crippen LogP contribution in [0.15, 0.2) is 24.3 Å². The summed E-state index contributed by atoms with van der Waals surface area (Å²) in [7, 11) is 0. The summed E-state index contributed by atoms with van der Waals surface area (Å²) in [5.41, 5.74) is 0.291. The molecule has 1 fully saturated rings. The van der Waals surface area contributed by atoms with E-state index in [4.69, 9.17) is 9.47 Å². The third-order valence-electron chi connectivity index (χ3n) is 2.92. The summed E-state index contributed by atoms with van der Waals surface area (Å²) in [6.07, 6.45) is 0.887. The number of hydrogen-bond acceptors (Lipinski definition) is 3. The monoisotopic (exact) mass is 240 g/mol. The van der Waals surface area contributed by atoms with Gasteiger partial charge in [0.25, 0.3) is 0 Å². The van der Waals surface area contributed by atoms with Crippen LogP contribution in [0.3, 0.4) is 0 Å². The average Bonchev–Trinajstić information content (AvgIpc) is 2.38. The van der Waals surface area contributed by atoms with E-state index in [-0.39, 0.29) is 12.7 Å². The first kappa shape index (κ1) is 12.5. The smallest absolute Gasteiger partial charge is 0.129 e. The highest BCUT2D eigenvalue weighted by atomic mass is 19.1. The summed E-state index contributed by atoms with van der Waals surface area (Å²) in [4.78, 5) is 0. The Balaban J connectivity index is 1.84. The maximum Gasteiger partial charge on any atom is 0.129 e. The minimum atomic E-state index is -0.904. The van der Waals surface area contributed by atoms with Gasteiger partial charge in [-0.1, -0.05) is 18.2 Å². The van der Waals surface area contributed by atoms with E-state index in [9.17, 15) is 9.50 Å². The van der Waals surface area contributed by atoms with Crippen LogP contribution >= 0.6 is 0 Å². The largest absolute Gasteiger partial charge is 0.386 e. The number of benzene rings is 1. The maximum atomic E-state index is 13.4. The van der Waals surface area contributed by atoms with Gasteiger partial charge >= 0.3 is 0 Å². The SMILES string of the molecule is OC(COC1CCOCC1)c1ccccc1F. The van der Waals surface area contributed by atoms with Gasteiger partial charge in [-0.15, -0.1) is 0 Å². The molecule has 0 aromatic heterocycles. The van der Waals surface area contributed by atoms with E-state index in [1.54, 1.807) is 18.2 Å². The lowest BCUT2D eigenvalue weighted by Gasteiger charge is -2.23. The fourth-order valence-corrected chi connectivity index (χ4v) is 1.90. The summed E-state index contributed by atoms with van der Waals surface area (Å²) in [5.74, 6) is -0.393. The Hall–Kier alpha value is -0.970. The van der Waals surface area contributed by atoms with Crippen LogP contribution in [0, 0.1) is 5.82 Å². The zero-order valence-corrected chi connectivity index (χ0v) is 9.64. The molecule has 4 heteroatoms. The molecule has 0 aliphatic carbocycles. The van der Waals surface area contributed by atoms with Crippen molar-refractivity contribution in [2.45, 2.75) is 25.0 Å². The van der Waals surface area contributed by atoms with Crippen molar-refractivity contribution in [1.82, 2.24) is 0 Å². The van der Waals surface area contributed by atoms with E-state index in [0.717, 1.165) is 12.8 Å². The van der Waals surface area contributed by atoms with Crippen molar-refractivity contribution in [2.24, 2.45) is 0 Å². The number of ether oxygens (including phenoxy) is 2. The number of hydrogen-bond donors (Lipinski definition) is 1. The number of rotatable bonds is 4. The van der Waals surface area contributed by atoms with Crippen molar-refractivity contribution >= 4 is 0 Å². The Morgan fingerprint density at radius 1 is 1.35 bits per heavy atom. The van der Waals surface area contributed by atoms with Crippen LogP contribution in [0.25, 0.3) is 0 Å². The standard InChI is InChI=1S/C13H17FO3/c14-12-4-2-1-3-11(12)13(15)9-17-10-5-7-16-8-6-10/h1-4,10,13,15H,5-9H2. The molecule has 94 valence electrons. The predicted octanol–water partition coefficient (Wildman–Crippen LogP) is 2.05. The van der Waals surface area contributed by atoms with Crippen LogP contribution in [-0.4, -0.2) is 31.0 Å². The van der Waals surface area contributed by atoms with E-state index in [1.807, 2.05) is 0 Å². The summed E-state index contributed by atoms with van der Waals surface area (Å²) in [5, 5.41) is 9.84.